The number of hydrogen-bond acceptors (Lipinski definition) is 5. The molecule has 2 aromatic carbocycles. The number of pyridine rings is 1. The second-order valence-corrected chi connectivity index (χ2v) is 6.88. The van der Waals surface area contributed by atoms with Crippen molar-refractivity contribution >= 4 is 27.8 Å². The molecule has 30 heavy (non-hydrogen) atoms. The van der Waals surface area contributed by atoms with E-state index in [9.17, 15) is 9.59 Å². The lowest BCUT2D eigenvalue weighted by molar-refractivity contribution is 0.0952. The predicted octanol–water partition coefficient (Wildman–Crippen LogP) is 3.83. The van der Waals surface area contributed by atoms with Crippen molar-refractivity contribution in [1.29, 1.82) is 0 Å². The van der Waals surface area contributed by atoms with Gasteiger partial charge in [0.1, 0.15) is 5.52 Å². The number of furan rings is 1. The zero-order valence-corrected chi connectivity index (χ0v) is 15.9. The Bertz CT molecular complexity index is 1410. The number of benzene rings is 2. The Hall–Kier alpha value is -4.13. The Kier molecular flexibility index (Phi) is 4.40. The summed E-state index contributed by atoms with van der Waals surface area (Å²) in [5, 5.41) is 8.46. The molecule has 0 saturated carbocycles. The van der Waals surface area contributed by atoms with Crippen LogP contribution in [0.1, 0.15) is 10.4 Å². The average Bonchev–Trinajstić information content (AvgIpc) is 3.43. The summed E-state index contributed by atoms with van der Waals surface area (Å²) in [7, 11) is 0. The molecule has 148 valence electrons. The van der Waals surface area contributed by atoms with Crippen LogP contribution in [0.3, 0.4) is 0 Å². The number of aromatic nitrogens is 2. The van der Waals surface area contributed by atoms with Gasteiger partial charge in [0.05, 0.1) is 11.6 Å². The van der Waals surface area contributed by atoms with Crippen LogP contribution in [0.2, 0.25) is 0 Å². The number of fused-ring (bicyclic) bond motifs is 2. The minimum Gasteiger partial charge on any atom is -0.459 e. The van der Waals surface area contributed by atoms with E-state index in [1.165, 1.54) is 10.8 Å². The topological polar surface area (TPSA) is 90.3 Å². The maximum atomic E-state index is 12.6. The van der Waals surface area contributed by atoms with Crippen molar-refractivity contribution < 1.29 is 13.7 Å². The number of hydrogen-bond donors (Lipinski definition) is 1. The summed E-state index contributed by atoms with van der Waals surface area (Å²) < 4.78 is 12.2. The summed E-state index contributed by atoms with van der Waals surface area (Å²) in [5.41, 5.74) is 2.17. The van der Waals surface area contributed by atoms with Crippen molar-refractivity contribution in [3.8, 4) is 11.3 Å². The fourth-order valence-electron chi connectivity index (χ4n) is 3.44. The van der Waals surface area contributed by atoms with E-state index in [1.54, 1.807) is 30.5 Å². The molecule has 0 aliphatic carbocycles. The molecule has 0 atom stereocenters. The van der Waals surface area contributed by atoms with Crippen LogP contribution in [0.4, 0.5) is 0 Å². The smallest absolute Gasteiger partial charge is 0.294 e. The number of rotatable bonds is 5. The molecule has 0 radical (unpaired) electrons. The Morgan fingerprint density at radius 1 is 1.07 bits per heavy atom. The third kappa shape index (κ3) is 3.16. The zero-order valence-electron chi connectivity index (χ0n) is 15.9. The molecule has 0 unspecified atom stereocenters. The highest BCUT2D eigenvalue weighted by Crippen LogP contribution is 2.29. The van der Waals surface area contributed by atoms with Gasteiger partial charge >= 0.3 is 0 Å². The number of nitrogens with zero attached hydrogens (tertiary/aromatic N) is 2. The summed E-state index contributed by atoms with van der Waals surface area (Å²) in [6.45, 7) is 0.643. The van der Waals surface area contributed by atoms with Crippen molar-refractivity contribution in [1.82, 2.24) is 15.0 Å². The van der Waals surface area contributed by atoms with Crippen molar-refractivity contribution in [2.45, 2.75) is 6.54 Å². The molecule has 0 bridgehead atoms. The second kappa shape index (κ2) is 7.36. The fourth-order valence-corrected chi connectivity index (χ4v) is 3.44. The first-order chi connectivity index (χ1) is 14.7. The fraction of sp³-hybridized carbons (Fsp3) is 0.0870. The maximum absolute atomic E-state index is 12.6. The van der Waals surface area contributed by atoms with E-state index in [4.69, 9.17) is 8.94 Å². The molecule has 1 N–H and O–H groups in total. The van der Waals surface area contributed by atoms with Gasteiger partial charge in [-0.3, -0.25) is 9.59 Å². The quantitative estimate of drug-likeness (QED) is 0.485. The highest BCUT2D eigenvalue weighted by molar-refractivity contribution is 6.00. The highest BCUT2D eigenvalue weighted by Gasteiger charge is 2.14. The first-order valence-electron chi connectivity index (χ1n) is 9.50. The molecule has 0 saturated heterocycles. The lowest BCUT2D eigenvalue weighted by Gasteiger charge is -2.08. The zero-order chi connectivity index (χ0) is 20.5. The molecule has 7 heteroatoms. The Labute approximate surface area is 170 Å². The molecule has 1 amide bonds. The van der Waals surface area contributed by atoms with Gasteiger partial charge in [-0.25, -0.2) is 0 Å². The van der Waals surface area contributed by atoms with Gasteiger partial charge in [0, 0.05) is 35.8 Å². The number of nitrogens with one attached hydrogen (secondary N) is 1. The molecule has 0 spiro atoms. The van der Waals surface area contributed by atoms with Gasteiger partial charge < -0.3 is 18.8 Å². The van der Waals surface area contributed by atoms with Gasteiger partial charge in [0.2, 0.25) is 0 Å². The van der Waals surface area contributed by atoms with Crippen LogP contribution in [0.5, 0.6) is 0 Å². The average molecular weight is 399 g/mol. The van der Waals surface area contributed by atoms with E-state index < -0.39 is 0 Å². The number of carbonyl (C=O) groups excluding carboxylic acids is 1. The van der Waals surface area contributed by atoms with E-state index in [1.807, 2.05) is 36.4 Å². The van der Waals surface area contributed by atoms with Gasteiger partial charge in [0.15, 0.2) is 11.3 Å². The molecule has 3 aromatic heterocycles. The van der Waals surface area contributed by atoms with Crippen LogP contribution in [-0.4, -0.2) is 22.2 Å². The molecular weight excluding hydrogens is 382 g/mol. The minimum absolute atomic E-state index is 0.217. The molecule has 0 aliphatic rings. The van der Waals surface area contributed by atoms with Crippen LogP contribution in [0.15, 0.2) is 86.9 Å². The molecule has 5 aromatic rings. The number of amides is 1. The van der Waals surface area contributed by atoms with E-state index in [-0.39, 0.29) is 11.5 Å². The first-order valence-corrected chi connectivity index (χ1v) is 9.50. The maximum Gasteiger partial charge on any atom is 0.294 e. The molecular formula is C23H17N3O4. The lowest BCUT2D eigenvalue weighted by atomic mass is 10.1. The monoisotopic (exact) mass is 399 g/mol. The third-order valence-electron chi connectivity index (χ3n) is 5.00. The summed E-state index contributed by atoms with van der Waals surface area (Å²) in [6.07, 6.45) is 3.18. The first kappa shape index (κ1) is 17.9. The second-order valence-electron chi connectivity index (χ2n) is 6.88. The largest absolute Gasteiger partial charge is 0.459 e. The van der Waals surface area contributed by atoms with Crippen LogP contribution in [0.25, 0.3) is 33.2 Å². The summed E-state index contributed by atoms with van der Waals surface area (Å²) >= 11 is 0. The summed E-state index contributed by atoms with van der Waals surface area (Å²) in [6, 6.07) is 18.4. The summed E-state index contributed by atoms with van der Waals surface area (Å²) in [5.74, 6) is 0.391. The van der Waals surface area contributed by atoms with Crippen molar-refractivity contribution in [3.05, 3.63) is 89.0 Å². The molecule has 3 heterocycles. The molecule has 7 nitrogen and oxygen atoms in total. The Morgan fingerprint density at radius 2 is 1.93 bits per heavy atom. The van der Waals surface area contributed by atoms with Gasteiger partial charge in [-0.05, 0) is 30.3 Å². The van der Waals surface area contributed by atoms with E-state index in [0.717, 1.165) is 16.3 Å². The predicted molar refractivity (Wildman–Crippen MR) is 112 cm³/mol. The Balaban J connectivity index is 1.33. The van der Waals surface area contributed by atoms with Crippen LogP contribution >= 0.6 is 0 Å². The van der Waals surface area contributed by atoms with E-state index >= 15 is 0 Å². The van der Waals surface area contributed by atoms with Crippen LogP contribution in [0, 0.1) is 0 Å². The third-order valence-corrected chi connectivity index (χ3v) is 5.00. The van der Waals surface area contributed by atoms with Gasteiger partial charge in [0.25, 0.3) is 11.5 Å². The van der Waals surface area contributed by atoms with Crippen molar-refractivity contribution in [2.24, 2.45) is 0 Å². The summed E-state index contributed by atoms with van der Waals surface area (Å²) in [4.78, 5) is 25.0. The van der Waals surface area contributed by atoms with Crippen LogP contribution < -0.4 is 10.9 Å². The normalized spacial score (nSPS) is 11.2. The van der Waals surface area contributed by atoms with Gasteiger partial charge in [-0.1, -0.05) is 35.5 Å². The Morgan fingerprint density at radius 3 is 2.80 bits per heavy atom. The SMILES string of the molecule is O=C(NCCn1ccc2ccoc2c1=O)c1ccc2noc(-c3ccccc3)c2c1. The molecule has 0 fully saturated rings. The van der Waals surface area contributed by atoms with E-state index in [0.29, 0.717) is 35.5 Å². The van der Waals surface area contributed by atoms with Gasteiger partial charge in [-0.15, -0.1) is 0 Å². The van der Waals surface area contributed by atoms with Crippen LogP contribution in [-0.2, 0) is 6.54 Å². The van der Waals surface area contributed by atoms with Gasteiger partial charge in [-0.2, -0.15) is 0 Å². The lowest BCUT2D eigenvalue weighted by Crippen LogP contribution is -2.30. The van der Waals surface area contributed by atoms with E-state index in [2.05, 4.69) is 10.5 Å². The number of carbonyl (C=O) groups is 1. The van der Waals surface area contributed by atoms with Crippen molar-refractivity contribution in [2.75, 3.05) is 6.54 Å². The molecule has 0 aliphatic heterocycles. The minimum atomic E-state index is -0.232. The standard InChI is InChI=1S/C23H17N3O4/c27-22(24-10-12-26-11-8-16-9-13-29-21(16)23(26)28)17-6-7-19-18(14-17)20(30-25-19)15-4-2-1-3-5-15/h1-9,11,13-14H,10,12H2,(H,24,27). The highest BCUT2D eigenvalue weighted by atomic mass is 16.5. The molecule has 5 rings (SSSR count). The van der Waals surface area contributed by atoms with Crippen molar-refractivity contribution in [3.63, 3.8) is 0 Å².